The third kappa shape index (κ3) is 13.5. The molecule has 0 saturated heterocycles. The number of aliphatic hydroxyl groups is 1. The number of nitrogens with two attached hydrogens (primary N) is 1. The van der Waals surface area contributed by atoms with E-state index >= 15 is 0 Å². The fourth-order valence-electron chi connectivity index (χ4n) is 1.16. The van der Waals surface area contributed by atoms with Gasteiger partial charge in [-0.2, -0.15) is 12.6 Å². The Kier molecular flexibility index (Phi) is 14.0. The van der Waals surface area contributed by atoms with Crippen LogP contribution in [0.1, 0.15) is 19.8 Å². The van der Waals surface area contributed by atoms with Crippen molar-refractivity contribution in [2.75, 3.05) is 18.9 Å². The van der Waals surface area contributed by atoms with Gasteiger partial charge in [0.15, 0.2) is 0 Å². The normalized spacial score (nSPS) is 12.2. The zero-order valence-corrected chi connectivity index (χ0v) is 13.6. The first-order chi connectivity index (χ1) is 10.7. The summed E-state index contributed by atoms with van der Waals surface area (Å²) in [6.07, 6.45) is -0.235. The van der Waals surface area contributed by atoms with Crippen LogP contribution < -0.4 is 16.4 Å². The second kappa shape index (κ2) is 13.8. The number of hydrogen-bond acceptors (Lipinski definition) is 7. The molecule has 2 amide bonds. The molecule has 0 aromatic heterocycles. The van der Waals surface area contributed by atoms with Crippen LogP contribution in [-0.4, -0.2) is 70.1 Å². The van der Waals surface area contributed by atoms with Crippen molar-refractivity contribution in [2.24, 2.45) is 5.73 Å². The molecular weight excluding hydrogens is 330 g/mol. The van der Waals surface area contributed by atoms with Crippen molar-refractivity contribution in [1.29, 1.82) is 0 Å². The predicted molar refractivity (Wildman–Crippen MR) is 84.0 cm³/mol. The number of rotatable bonds is 9. The van der Waals surface area contributed by atoms with Gasteiger partial charge in [0.25, 0.3) is 0 Å². The minimum absolute atomic E-state index is 0.0256. The molecule has 0 rings (SSSR count). The first kappa shape index (κ1) is 23.4. The molecule has 0 bridgehead atoms. The Morgan fingerprint density at radius 3 is 2.13 bits per heavy atom. The van der Waals surface area contributed by atoms with Crippen LogP contribution in [0, 0.1) is 0 Å². The third-order valence-electron chi connectivity index (χ3n) is 2.25. The molecule has 0 saturated carbocycles. The van der Waals surface area contributed by atoms with E-state index in [0.29, 0.717) is 0 Å². The molecule has 0 aliphatic heterocycles. The lowest BCUT2D eigenvalue weighted by molar-refractivity contribution is -0.139. The van der Waals surface area contributed by atoms with E-state index < -0.39 is 42.4 Å². The lowest BCUT2D eigenvalue weighted by atomic mass is 10.1. The Balaban J connectivity index is 0. The summed E-state index contributed by atoms with van der Waals surface area (Å²) in [6, 6.07) is -2.15. The SMILES string of the molecule is CCO.N[C@@H](CCC(=O)N[C@@H](CS)C(=O)NCC(=O)O)C(=O)O. The summed E-state index contributed by atoms with van der Waals surface area (Å²) in [6.45, 7) is 1.36. The fraction of sp³-hybridized carbons (Fsp3) is 0.667. The van der Waals surface area contributed by atoms with Crippen LogP contribution in [0.2, 0.25) is 0 Å². The van der Waals surface area contributed by atoms with Crippen LogP contribution in [0.4, 0.5) is 0 Å². The van der Waals surface area contributed by atoms with Gasteiger partial charge in [-0.1, -0.05) is 0 Å². The van der Waals surface area contributed by atoms with E-state index in [2.05, 4.69) is 23.3 Å². The largest absolute Gasteiger partial charge is 0.480 e. The number of carbonyl (C=O) groups excluding carboxylic acids is 2. The fourth-order valence-corrected chi connectivity index (χ4v) is 1.41. The number of aliphatic carboxylic acids is 2. The Hall–Kier alpha value is -1.85. The highest BCUT2D eigenvalue weighted by molar-refractivity contribution is 7.80. The van der Waals surface area contributed by atoms with Gasteiger partial charge < -0.3 is 31.7 Å². The van der Waals surface area contributed by atoms with Gasteiger partial charge in [0.1, 0.15) is 18.6 Å². The van der Waals surface area contributed by atoms with Crippen molar-refractivity contribution < 1.29 is 34.5 Å². The summed E-state index contributed by atoms with van der Waals surface area (Å²) < 4.78 is 0. The van der Waals surface area contributed by atoms with Crippen LogP contribution in [0.15, 0.2) is 0 Å². The van der Waals surface area contributed by atoms with Gasteiger partial charge in [0.05, 0.1) is 0 Å². The van der Waals surface area contributed by atoms with E-state index in [1.165, 1.54) is 0 Å². The van der Waals surface area contributed by atoms with Crippen LogP contribution in [0.25, 0.3) is 0 Å². The Labute approximate surface area is 138 Å². The second-order valence-electron chi connectivity index (χ2n) is 4.21. The van der Waals surface area contributed by atoms with Crippen molar-refractivity contribution in [1.82, 2.24) is 10.6 Å². The Morgan fingerprint density at radius 2 is 1.74 bits per heavy atom. The Morgan fingerprint density at radius 1 is 1.22 bits per heavy atom. The van der Waals surface area contributed by atoms with Crippen molar-refractivity contribution in [2.45, 2.75) is 31.8 Å². The molecule has 23 heavy (non-hydrogen) atoms. The van der Waals surface area contributed by atoms with Gasteiger partial charge >= 0.3 is 11.9 Å². The molecule has 0 heterocycles. The summed E-state index contributed by atoms with van der Waals surface area (Å²) in [5.41, 5.74) is 5.23. The molecule has 0 aliphatic carbocycles. The maximum atomic E-state index is 11.5. The molecule has 0 aromatic rings. The lowest BCUT2D eigenvalue weighted by Gasteiger charge is -2.16. The van der Waals surface area contributed by atoms with E-state index in [-0.39, 0.29) is 25.2 Å². The van der Waals surface area contributed by atoms with Gasteiger partial charge in [0.2, 0.25) is 11.8 Å². The van der Waals surface area contributed by atoms with Crippen LogP contribution in [-0.2, 0) is 19.2 Å². The first-order valence-electron chi connectivity index (χ1n) is 6.68. The number of nitrogens with one attached hydrogen (secondary N) is 2. The molecule has 7 N–H and O–H groups in total. The smallest absolute Gasteiger partial charge is 0.322 e. The van der Waals surface area contributed by atoms with E-state index in [1.54, 1.807) is 6.92 Å². The average molecular weight is 353 g/mol. The summed E-state index contributed by atoms with van der Waals surface area (Å²) >= 11 is 3.87. The summed E-state index contributed by atoms with van der Waals surface area (Å²) in [5, 5.41) is 28.9. The highest BCUT2D eigenvalue weighted by Gasteiger charge is 2.20. The van der Waals surface area contributed by atoms with Gasteiger partial charge in [0, 0.05) is 18.8 Å². The highest BCUT2D eigenvalue weighted by atomic mass is 32.1. The van der Waals surface area contributed by atoms with Crippen LogP contribution in [0.5, 0.6) is 0 Å². The zero-order valence-electron chi connectivity index (χ0n) is 12.7. The summed E-state index contributed by atoms with van der Waals surface area (Å²) in [4.78, 5) is 43.7. The molecule has 0 radical (unpaired) electrons. The molecule has 0 spiro atoms. The minimum atomic E-state index is -1.22. The topological polar surface area (TPSA) is 179 Å². The van der Waals surface area contributed by atoms with Gasteiger partial charge in [-0.3, -0.25) is 19.2 Å². The highest BCUT2D eigenvalue weighted by Crippen LogP contribution is 1.97. The van der Waals surface area contributed by atoms with E-state index in [9.17, 15) is 19.2 Å². The molecule has 2 atom stereocenters. The van der Waals surface area contributed by atoms with E-state index in [0.717, 1.165) is 0 Å². The van der Waals surface area contributed by atoms with Crippen molar-refractivity contribution >= 4 is 36.4 Å². The number of carbonyl (C=O) groups is 4. The van der Waals surface area contributed by atoms with Crippen LogP contribution >= 0.6 is 12.6 Å². The second-order valence-corrected chi connectivity index (χ2v) is 4.58. The molecule has 0 aliphatic rings. The molecule has 10 nitrogen and oxygen atoms in total. The number of hydrogen-bond donors (Lipinski definition) is 7. The molecule has 134 valence electrons. The number of thiol groups is 1. The summed E-state index contributed by atoms with van der Waals surface area (Å²) in [5.74, 6) is -3.70. The monoisotopic (exact) mass is 353 g/mol. The molecule has 0 fully saturated rings. The number of aliphatic hydroxyl groups excluding tert-OH is 1. The third-order valence-corrected chi connectivity index (χ3v) is 2.61. The standard InChI is InChI=1S/C10H17N3O6S.C2H6O/c11-5(10(18)19)1-2-7(14)13-6(4-20)9(17)12-3-8(15)16;1-2-3/h5-6,20H,1-4,11H2,(H,12,17)(H,13,14)(H,15,16)(H,18,19);3H,2H2,1H3/t5-,6-;/m0./s1. The van der Waals surface area contributed by atoms with Gasteiger partial charge in [-0.15, -0.1) is 0 Å². The maximum Gasteiger partial charge on any atom is 0.322 e. The quantitative estimate of drug-likeness (QED) is 0.228. The van der Waals surface area contributed by atoms with Gasteiger partial charge in [-0.25, -0.2) is 0 Å². The zero-order chi connectivity index (χ0) is 18.4. The first-order valence-corrected chi connectivity index (χ1v) is 7.31. The average Bonchev–Trinajstić information content (AvgIpc) is 2.48. The minimum Gasteiger partial charge on any atom is -0.480 e. The Bertz CT molecular complexity index is 406. The molecule has 11 heteroatoms. The maximum absolute atomic E-state index is 11.5. The number of carboxylic acid groups (broad SMARTS) is 2. The van der Waals surface area contributed by atoms with Crippen molar-refractivity contribution in [3.63, 3.8) is 0 Å². The number of amides is 2. The van der Waals surface area contributed by atoms with Crippen LogP contribution in [0.3, 0.4) is 0 Å². The number of carboxylic acids is 2. The predicted octanol–water partition coefficient (Wildman–Crippen LogP) is -2.21. The van der Waals surface area contributed by atoms with E-state index in [1.807, 2.05) is 0 Å². The van der Waals surface area contributed by atoms with E-state index in [4.69, 9.17) is 21.1 Å². The molecule has 0 aromatic carbocycles. The molecule has 0 unspecified atom stereocenters. The van der Waals surface area contributed by atoms with Crippen molar-refractivity contribution in [3.05, 3.63) is 0 Å². The summed E-state index contributed by atoms with van der Waals surface area (Å²) in [7, 11) is 0. The lowest BCUT2D eigenvalue weighted by Crippen LogP contribution is -2.49. The van der Waals surface area contributed by atoms with Gasteiger partial charge in [-0.05, 0) is 13.3 Å². The molecular formula is C12H23N3O7S. The van der Waals surface area contributed by atoms with Crippen molar-refractivity contribution in [3.8, 4) is 0 Å².